The lowest BCUT2D eigenvalue weighted by Gasteiger charge is -2.26. The van der Waals surface area contributed by atoms with Crippen LogP contribution in [0.4, 0.5) is 5.82 Å². The number of anilines is 1. The highest BCUT2D eigenvalue weighted by molar-refractivity contribution is 6.32. The summed E-state index contributed by atoms with van der Waals surface area (Å²) in [7, 11) is 2.08. The van der Waals surface area contributed by atoms with Gasteiger partial charge in [0.1, 0.15) is 5.82 Å². The third kappa shape index (κ3) is 2.44. The molecule has 0 radical (unpaired) electrons. The topological polar surface area (TPSA) is 16.1 Å². The van der Waals surface area contributed by atoms with Gasteiger partial charge in [0, 0.05) is 13.1 Å². The van der Waals surface area contributed by atoms with Crippen LogP contribution in [0.5, 0.6) is 0 Å². The van der Waals surface area contributed by atoms with Gasteiger partial charge >= 0.3 is 0 Å². The first-order valence-electron chi connectivity index (χ1n) is 5.57. The Balaban J connectivity index is 2.18. The second-order valence-electron chi connectivity index (χ2n) is 4.42. The first-order chi connectivity index (χ1) is 7.63. The van der Waals surface area contributed by atoms with Gasteiger partial charge in [-0.15, -0.1) is 11.6 Å². The average Bonchev–Trinajstić information content (AvgIpc) is 3.11. The molecule has 88 valence electrons. The van der Waals surface area contributed by atoms with E-state index in [4.69, 9.17) is 23.2 Å². The molecule has 0 spiro atoms. The molecule has 1 aliphatic carbocycles. The van der Waals surface area contributed by atoms with Crippen molar-refractivity contribution in [3.63, 3.8) is 0 Å². The van der Waals surface area contributed by atoms with Crippen LogP contribution >= 0.6 is 23.2 Å². The van der Waals surface area contributed by atoms with E-state index in [2.05, 4.69) is 23.9 Å². The maximum atomic E-state index is 5.99. The highest BCUT2D eigenvalue weighted by Crippen LogP contribution is 2.36. The van der Waals surface area contributed by atoms with Crippen molar-refractivity contribution in [1.29, 1.82) is 0 Å². The minimum Gasteiger partial charge on any atom is -0.357 e. The van der Waals surface area contributed by atoms with Crippen molar-refractivity contribution in [1.82, 2.24) is 4.98 Å². The number of rotatable bonds is 4. The molecular formula is C12H16Cl2N2. The van der Waals surface area contributed by atoms with Crippen LogP contribution in [0.15, 0.2) is 12.1 Å². The number of pyridine rings is 1. The zero-order valence-corrected chi connectivity index (χ0v) is 11.1. The smallest absolute Gasteiger partial charge is 0.128 e. The SMILES string of the molecule is CC(C1CC1)N(C)c1ccc(Cl)c(CCl)n1. The number of alkyl halides is 1. The van der Waals surface area contributed by atoms with E-state index in [1.807, 2.05) is 12.1 Å². The molecule has 0 saturated heterocycles. The van der Waals surface area contributed by atoms with Gasteiger partial charge in [0.25, 0.3) is 0 Å². The van der Waals surface area contributed by atoms with Crippen molar-refractivity contribution in [2.24, 2.45) is 5.92 Å². The van der Waals surface area contributed by atoms with Crippen LogP contribution in [0.2, 0.25) is 5.02 Å². The summed E-state index contributed by atoms with van der Waals surface area (Å²) in [6.45, 7) is 2.24. The van der Waals surface area contributed by atoms with Gasteiger partial charge in [-0.25, -0.2) is 4.98 Å². The van der Waals surface area contributed by atoms with Crippen LogP contribution in [0, 0.1) is 5.92 Å². The van der Waals surface area contributed by atoms with Gasteiger partial charge in [-0.3, -0.25) is 0 Å². The molecule has 0 aliphatic heterocycles. The van der Waals surface area contributed by atoms with Gasteiger partial charge in [0.2, 0.25) is 0 Å². The summed E-state index contributed by atoms with van der Waals surface area (Å²) in [5.41, 5.74) is 0.760. The standard InChI is InChI=1S/C12H16Cl2N2/c1-8(9-3-4-9)16(2)12-6-5-10(14)11(7-13)15-12/h5-6,8-9H,3-4,7H2,1-2H3. The Morgan fingerprint density at radius 1 is 1.50 bits per heavy atom. The van der Waals surface area contributed by atoms with Crippen LogP contribution in [0.25, 0.3) is 0 Å². The maximum Gasteiger partial charge on any atom is 0.128 e. The summed E-state index contributed by atoms with van der Waals surface area (Å²) in [5, 5.41) is 0.645. The van der Waals surface area contributed by atoms with Crippen LogP contribution < -0.4 is 4.90 Å². The molecule has 1 aromatic rings. The number of nitrogens with zero attached hydrogens (tertiary/aromatic N) is 2. The molecule has 2 rings (SSSR count). The summed E-state index contributed by atoms with van der Waals surface area (Å²) in [4.78, 5) is 6.70. The Morgan fingerprint density at radius 3 is 2.75 bits per heavy atom. The van der Waals surface area contributed by atoms with Crippen LogP contribution in [0.1, 0.15) is 25.5 Å². The second-order valence-corrected chi connectivity index (χ2v) is 5.09. The quantitative estimate of drug-likeness (QED) is 0.766. The molecule has 1 aliphatic rings. The zero-order chi connectivity index (χ0) is 11.7. The minimum atomic E-state index is 0.359. The van der Waals surface area contributed by atoms with Crippen molar-refractivity contribution in [3.8, 4) is 0 Å². The van der Waals surface area contributed by atoms with Crippen molar-refractivity contribution >= 4 is 29.0 Å². The van der Waals surface area contributed by atoms with Gasteiger partial charge in [0.05, 0.1) is 16.6 Å². The molecule has 16 heavy (non-hydrogen) atoms. The Hall–Kier alpha value is -0.470. The van der Waals surface area contributed by atoms with E-state index >= 15 is 0 Å². The van der Waals surface area contributed by atoms with Crippen molar-refractivity contribution < 1.29 is 0 Å². The summed E-state index contributed by atoms with van der Waals surface area (Å²) in [5.74, 6) is 2.14. The van der Waals surface area contributed by atoms with Crippen molar-refractivity contribution in [3.05, 3.63) is 22.8 Å². The van der Waals surface area contributed by atoms with Crippen LogP contribution in [-0.2, 0) is 5.88 Å². The molecule has 1 unspecified atom stereocenters. The second kappa shape index (κ2) is 4.80. The molecule has 0 N–H and O–H groups in total. The Labute approximate surface area is 107 Å². The molecule has 1 heterocycles. The third-order valence-electron chi connectivity index (χ3n) is 3.31. The predicted molar refractivity (Wildman–Crippen MR) is 69.4 cm³/mol. The first-order valence-corrected chi connectivity index (χ1v) is 6.49. The van der Waals surface area contributed by atoms with Gasteiger partial charge < -0.3 is 4.90 Å². The third-order valence-corrected chi connectivity index (χ3v) is 3.90. The highest BCUT2D eigenvalue weighted by atomic mass is 35.5. The van der Waals surface area contributed by atoms with E-state index in [0.29, 0.717) is 16.9 Å². The van der Waals surface area contributed by atoms with E-state index in [-0.39, 0.29) is 0 Å². The summed E-state index contributed by atoms with van der Waals surface area (Å²) < 4.78 is 0. The van der Waals surface area contributed by atoms with Crippen LogP contribution in [0.3, 0.4) is 0 Å². The Bertz CT molecular complexity index is 377. The molecule has 1 saturated carbocycles. The fourth-order valence-corrected chi connectivity index (χ4v) is 2.31. The van der Waals surface area contributed by atoms with E-state index in [9.17, 15) is 0 Å². The summed E-state index contributed by atoms with van der Waals surface area (Å²) in [6.07, 6.45) is 2.67. The molecule has 0 bridgehead atoms. The average molecular weight is 259 g/mol. The van der Waals surface area contributed by atoms with Gasteiger partial charge in [-0.05, 0) is 37.8 Å². The summed E-state index contributed by atoms with van der Waals surface area (Å²) in [6, 6.07) is 4.37. The number of halogens is 2. The summed E-state index contributed by atoms with van der Waals surface area (Å²) >= 11 is 11.8. The molecule has 4 heteroatoms. The zero-order valence-electron chi connectivity index (χ0n) is 9.58. The molecule has 1 fully saturated rings. The van der Waals surface area contributed by atoms with E-state index in [1.165, 1.54) is 12.8 Å². The molecule has 2 nitrogen and oxygen atoms in total. The first kappa shape index (κ1) is 12.0. The Morgan fingerprint density at radius 2 is 2.19 bits per heavy atom. The molecule has 1 atom stereocenters. The molecule has 0 aromatic carbocycles. The highest BCUT2D eigenvalue weighted by Gasteiger charge is 2.31. The molecule has 1 aromatic heterocycles. The number of hydrogen-bond acceptors (Lipinski definition) is 2. The number of hydrogen-bond donors (Lipinski definition) is 0. The van der Waals surface area contributed by atoms with E-state index in [1.54, 1.807) is 0 Å². The van der Waals surface area contributed by atoms with Gasteiger partial charge in [0.15, 0.2) is 0 Å². The minimum absolute atomic E-state index is 0.359. The number of aromatic nitrogens is 1. The van der Waals surface area contributed by atoms with Gasteiger partial charge in [-0.1, -0.05) is 11.6 Å². The maximum absolute atomic E-state index is 5.99. The predicted octanol–water partition coefficient (Wildman–Crippen LogP) is 3.71. The largest absolute Gasteiger partial charge is 0.357 e. The van der Waals surface area contributed by atoms with Crippen molar-refractivity contribution in [2.75, 3.05) is 11.9 Å². The van der Waals surface area contributed by atoms with Crippen LogP contribution in [-0.4, -0.2) is 18.1 Å². The normalized spacial score (nSPS) is 17.2. The molecule has 0 amide bonds. The van der Waals surface area contributed by atoms with E-state index in [0.717, 1.165) is 17.4 Å². The Kier molecular flexibility index (Phi) is 3.60. The lowest BCUT2D eigenvalue weighted by Crippen LogP contribution is -2.31. The van der Waals surface area contributed by atoms with Gasteiger partial charge in [-0.2, -0.15) is 0 Å². The lowest BCUT2D eigenvalue weighted by atomic mass is 10.2. The van der Waals surface area contributed by atoms with Crippen molar-refractivity contribution in [2.45, 2.75) is 31.7 Å². The monoisotopic (exact) mass is 258 g/mol. The molecular weight excluding hydrogens is 243 g/mol. The lowest BCUT2D eigenvalue weighted by molar-refractivity contribution is 0.603. The van der Waals surface area contributed by atoms with E-state index < -0.39 is 0 Å². The fraction of sp³-hybridized carbons (Fsp3) is 0.583. The fourth-order valence-electron chi connectivity index (χ4n) is 1.87.